The number of rotatable bonds is 6. The van der Waals surface area contributed by atoms with Crippen molar-refractivity contribution >= 4 is 36.1 Å². The van der Waals surface area contributed by atoms with Gasteiger partial charge in [-0.3, -0.25) is 4.79 Å². The number of hydrogen-bond acceptors (Lipinski definition) is 4. The topological polar surface area (TPSA) is 70.7 Å². The van der Waals surface area contributed by atoms with Gasteiger partial charge in [-0.15, -0.1) is 0 Å². The van der Waals surface area contributed by atoms with Crippen molar-refractivity contribution < 1.29 is 18.7 Å². The van der Waals surface area contributed by atoms with E-state index in [0.29, 0.717) is 22.7 Å². The third-order valence-electron chi connectivity index (χ3n) is 4.62. The molecule has 0 spiro atoms. The summed E-state index contributed by atoms with van der Waals surface area (Å²) in [6, 6.07) is 18.7. The lowest BCUT2D eigenvalue weighted by atomic mass is 10.1. The highest BCUT2D eigenvalue weighted by Crippen LogP contribution is 2.23. The van der Waals surface area contributed by atoms with Crippen molar-refractivity contribution in [2.24, 2.45) is 0 Å². The molecule has 0 aliphatic carbocycles. The molecule has 0 radical (unpaired) electrons. The Morgan fingerprint density at radius 2 is 1.65 bits per heavy atom. The molecule has 3 rings (SSSR count). The van der Waals surface area contributed by atoms with Crippen LogP contribution in [0.2, 0.25) is 0 Å². The third-order valence-corrected chi connectivity index (χ3v) is 5.04. The average Bonchev–Trinajstić information content (AvgIpc) is 2.79. The van der Waals surface area contributed by atoms with Gasteiger partial charge in [0.25, 0.3) is 5.91 Å². The van der Waals surface area contributed by atoms with Crippen molar-refractivity contribution in [2.45, 2.75) is 13.0 Å². The normalized spacial score (nSPS) is 11.4. The van der Waals surface area contributed by atoms with Crippen LogP contribution in [-0.4, -0.2) is 19.0 Å². The number of thiol groups is 1. The lowest BCUT2D eigenvalue weighted by Gasteiger charge is -2.21. The fourth-order valence-electron chi connectivity index (χ4n) is 2.92. The summed E-state index contributed by atoms with van der Waals surface area (Å²) < 4.78 is 19.4. The summed E-state index contributed by atoms with van der Waals surface area (Å²) in [7, 11) is 1.50. The van der Waals surface area contributed by atoms with Crippen LogP contribution in [0.5, 0.6) is 5.75 Å². The zero-order valence-electron chi connectivity index (χ0n) is 17.0. The largest absolute Gasteiger partial charge is 0.496 e. The van der Waals surface area contributed by atoms with Crippen molar-refractivity contribution in [2.75, 3.05) is 16.7 Å². The molecule has 0 bridgehead atoms. The Hall–Kier alpha value is -3.52. The number of carbonyl (C=O) groups is 2. The summed E-state index contributed by atoms with van der Waals surface area (Å²) in [5.74, 6) is -0.167. The van der Waals surface area contributed by atoms with Crippen molar-refractivity contribution in [3.63, 3.8) is 0 Å². The first kappa shape index (κ1) is 22.2. The van der Waals surface area contributed by atoms with E-state index in [-0.39, 0.29) is 17.8 Å². The molecular formula is C23H22FN3O3S. The minimum absolute atomic E-state index is 0.307. The maximum atomic E-state index is 13.1. The maximum Gasteiger partial charge on any atom is 0.332 e. The fraction of sp³-hybridized carbons (Fsp3) is 0.130. The summed E-state index contributed by atoms with van der Waals surface area (Å²) >= 11 is 4.26. The van der Waals surface area contributed by atoms with Crippen LogP contribution in [0.3, 0.4) is 0 Å². The zero-order chi connectivity index (χ0) is 22.4. The molecule has 0 aromatic heterocycles. The number of urea groups is 1. The first-order chi connectivity index (χ1) is 14.9. The first-order valence-electron chi connectivity index (χ1n) is 9.48. The summed E-state index contributed by atoms with van der Waals surface area (Å²) in [4.78, 5) is 25.0. The molecule has 0 saturated carbocycles. The van der Waals surface area contributed by atoms with Crippen LogP contribution in [0.4, 0.5) is 20.6 Å². The van der Waals surface area contributed by atoms with Crippen LogP contribution in [0.15, 0.2) is 72.8 Å². The molecule has 3 aromatic rings. The SMILES string of the molecule is COc1ccccc1C(=O)Nc1ccc(N(S)C(=O)NC(C)c2ccc(F)cc2)cc1. The van der Waals surface area contributed by atoms with Gasteiger partial charge in [-0.1, -0.05) is 37.1 Å². The lowest BCUT2D eigenvalue weighted by Crippen LogP contribution is -2.35. The Kier molecular flexibility index (Phi) is 7.15. The number of halogens is 1. The van der Waals surface area contributed by atoms with E-state index in [9.17, 15) is 14.0 Å². The number of para-hydroxylation sites is 1. The summed E-state index contributed by atoms with van der Waals surface area (Å²) in [6.45, 7) is 1.79. The van der Waals surface area contributed by atoms with Gasteiger partial charge in [-0.2, -0.15) is 0 Å². The molecule has 8 heteroatoms. The number of carbonyl (C=O) groups excluding carboxylic acids is 2. The molecule has 0 aliphatic heterocycles. The minimum atomic E-state index is -0.439. The average molecular weight is 440 g/mol. The van der Waals surface area contributed by atoms with Gasteiger partial charge in [0.05, 0.1) is 24.4 Å². The predicted octanol–water partition coefficient (Wildman–Crippen LogP) is 5.21. The Labute approximate surface area is 185 Å². The highest BCUT2D eigenvalue weighted by molar-refractivity contribution is 7.82. The van der Waals surface area contributed by atoms with Gasteiger partial charge in [0.2, 0.25) is 0 Å². The number of anilines is 2. The van der Waals surface area contributed by atoms with E-state index in [2.05, 4.69) is 23.4 Å². The molecule has 1 atom stereocenters. The molecule has 160 valence electrons. The van der Waals surface area contributed by atoms with Crippen LogP contribution in [-0.2, 0) is 0 Å². The minimum Gasteiger partial charge on any atom is -0.496 e. The summed E-state index contributed by atoms with van der Waals surface area (Å²) in [5.41, 5.74) is 2.26. The van der Waals surface area contributed by atoms with E-state index < -0.39 is 6.03 Å². The molecule has 0 aliphatic rings. The fourth-order valence-corrected chi connectivity index (χ4v) is 3.11. The summed E-state index contributed by atoms with van der Waals surface area (Å²) in [6.07, 6.45) is 0. The maximum absolute atomic E-state index is 13.1. The van der Waals surface area contributed by atoms with Gasteiger partial charge in [0.1, 0.15) is 11.6 Å². The van der Waals surface area contributed by atoms with Crippen molar-refractivity contribution in [3.05, 3.63) is 89.7 Å². The number of nitrogens with zero attached hydrogens (tertiary/aromatic N) is 1. The highest BCUT2D eigenvalue weighted by Gasteiger charge is 2.16. The monoisotopic (exact) mass is 439 g/mol. The molecule has 0 saturated heterocycles. The molecule has 3 aromatic carbocycles. The second kappa shape index (κ2) is 9.99. The van der Waals surface area contributed by atoms with Crippen molar-refractivity contribution in [3.8, 4) is 5.75 Å². The number of ether oxygens (including phenoxy) is 1. The van der Waals surface area contributed by atoms with E-state index in [0.717, 1.165) is 9.87 Å². The third kappa shape index (κ3) is 5.55. The number of methoxy groups -OCH3 is 1. The van der Waals surface area contributed by atoms with Crippen LogP contribution < -0.4 is 19.7 Å². The second-order valence-electron chi connectivity index (χ2n) is 6.74. The van der Waals surface area contributed by atoms with E-state index in [1.807, 2.05) is 0 Å². The predicted molar refractivity (Wildman–Crippen MR) is 122 cm³/mol. The van der Waals surface area contributed by atoms with Gasteiger partial charge in [-0.25, -0.2) is 13.5 Å². The molecule has 1 unspecified atom stereocenters. The number of benzene rings is 3. The molecular weight excluding hydrogens is 417 g/mol. The van der Waals surface area contributed by atoms with Gasteiger partial charge >= 0.3 is 6.03 Å². The van der Waals surface area contributed by atoms with Crippen LogP contribution >= 0.6 is 12.8 Å². The van der Waals surface area contributed by atoms with Gasteiger partial charge in [0, 0.05) is 5.69 Å². The smallest absolute Gasteiger partial charge is 0.332 e. The Bertz CT molecular complexity index is 1060. The van der Waals surface area contributed by atoms with Gasteiger partial charge < -0.3 is 15.4 Å². The zero-order valence-corrected chi connectivity index (χ0v) is 17.9. The molecule has 31 heavy (non-hydrogen) atoms. The van der Waals surface area contributed by atoms with E-state index in [1.165, 1.54) is 19.2 Å². The van der Waals surface area contributed by atoms with E-state index >= 15 is 0 Å². The van der Waals surface area contributed by atoms with Crippen molar-refractivity contribution in [1.82, 2.24) is 5.32 Å². The summed E-state index contributed by atoms with van der Waals surface area (Å²) in [5, 5.41) is 5.59. The molecule has 0 heterocycles. The Morgan fingerprint density at radius 1 is 1.00 bits per heavy atom. The molecule has 6 nitrogen and oxygen atoms in total. The van der Waals surface area contributed by atoms with Crippen LogP contribution in [0.25, 0.3) is 0 Å². The standard InChI is InChI=1S/C23H22FN3O3S/c1-15(16-7-9-17(24)10-8-16)25-23(29)27(31)19-13-11-18(12-14-19)26-22(28)20-5-3-4-6-21(20)30-2/h3-15,31H,1-2H3,(H,25,29)(H,26,28). The molecule has 3 amide bonds. The van der Waals surface area contributed by atoms with Crippen LogP contribution in [0.1, 0.15) is 28.9 Å². The number of hydrogen-bond donors (Lipinski definition) is 3. The van der Waals surface area contributed by atoms with E-state index in [4.69, 9.17) is 4.74 Å². The van der Waals surface area contributed by atoms with Crippen LogP contribution in [0, 0.1) is 5.82 Å². The molecule has 0 fully saturated rings. The van der Waals surface area contributed by atoms with E-state index in [1.54, 1.807) is 67.6 Å². The second-order valence-corrected chi connectivity index (χ2v) is 7.14. The number of amides is 3. The quantitative estimate of drug-likeness (QED) is 0.462. The lowest BCUT2D eigenvalue weighted by molar-refractivity contribution is 0.102. The molecule has 2 N–H and O–H groups in total. The first-order valence-corrected chi connectivity index (χ1v) is 9.88. The highest BCUT2D eigenvalue weighted by atomic mass is 32.1. The van der Waals surface area contributed by atoms with Gasteiger partial charge in [0.15, 0.2) is 0 Å². The van der Waals surface area contributed by atoms with Crippen molar-refractivity contribution in [1.29, 1.82) is 0 Å². The number of nitrogens with one attached hydrogen (secondary N) is 2. The van der Waals surface area contributed by atoms with Gasteiger partial charge in [-0.05, 0) is 61.0 Å². The Balaban J connectivity index is 1.62. The Morgan fingerprint density at radius 3 is 2.29 bits per heavy atom.